The van der Waals surface area contributed by atoms with E-state index in [2.05, 4.69) is 9.97 Å². The number of nitrogens with one attached hydrogen (secondary N) is 1. The van der Waals surface area contributed by atoms with Gasteiger partial charge in [-0.25, -0.2) is 13.8 Å². The summed E-state index contributed by atoms with van der Waals surface area (Å²) in [4.78, 5) is 21.8. The normalized spacial score (nSPS) is 13.9. The van der Waals surface area contributed by atoms with Crippen molar-refractivity contribution in [3.05, 3.63) is 75.2 Å². The molecular formula is C21H20F2N4O2. The topological polar surface area (TPSA) is 84.2 Å². The standard InChI is InChI=1S/C21H20F2N4O2/c1-29-14-8-17(22)16(18(23)9-14)10-27-7-6-15-19(11-27)25-20(26-21(15)28)12-2-4-13(24)5-3-12/h2-5,8-9H,6-7,10-11,24H2,1H3,(H,25,26,28). The molecule has 8 heteroatoms. The van der Waals surface area contributed by atoms with Crippen LogP contribution < -0.4 is 16.0 Å². The number of nitrogen functional groups attached to an aromatic ring is 1. The van der Waals surface area contributed by atoms with Gasteiger partial charge in [-0.05, 0) is 30.7 Å². The Morgan fingerprint density at radius 2 is 1.90 bits per heavy atom. The van der Waals surface area contributed by atoms with E-state index in [0.717, 1.165) is 5.56 Å². The van der Waals surface area contributed by atoms with Gasteiger partial charge in [0.2, 0.25) is 0 Å². The van der Waals surface area contributed by atoms with Crippen LogP contribution in [0.3, 0.4) is 0 Å². The van der Waals surface area contributed by atoms with Gasteiger partial charge in [0.15, 0.2) is 0 Å². The lowest BCUT2D eigenvalue weighted by molar-refractivity contribution is 0.233. The number of anilines is 1. The minimum Gasteiger partial charge on any atom is -0.497 e. The van der Waals surface area contributed by atoms with E-state index in [0.29, 0.717) is 42.3 Å². The maximum atomic E-state index is 14.3. The first kappa shape index (κ1) is 19.1. The van der Waals surface area contributed by atoms with Crippen LogP contribution in [0.2, 0.25) is 0 Å². The quantitative estimate of drug-likeness (QED) is 0.661. The second-order valence-corrected chi connectivity index (χ2v) is 6.99. The summed E-state index contributed by atoms with van der Waals surface area (Å²) in [7, 11) is 1.36. The van der Waals surface area contributed by atoms with E-state index in [-0.39, 0.29) is 23.4 Å². The summed E-state index contributed by atoms with van der Waals surface area (Å²) in [6.07, 6.45) is 0.457. The lowest BCUT2D eigenvalue weighted by Crippen LogP contribution is -2.35. The number of rotatable bonds is 4. The number of aromatic nitrogens is 2. The Balaban J connectivity index is 1.61. The molecule has 0 aliphatic carbocycles. The predicted molar refractivity (Wildman–Crippen MR) is 105 cm³/mol. The molecule has 2 heterocycles. The summed E-state index contributed by atoms with van der Waals surface area (Å²) in [5.74, 6) is -0.741. The average Bonchev–Trinajstić information content (AvgIpc) is 2.70. The van der Waals surface area contributed by atoms with Crippen LogP contribution in [0.4, 0.5) is 14.5 Å². The Bertz CT molecular complexity index is 1090. The molecule has 1 aliphatic heterocycles. The minimum absolute atomic E-state index is 0.0298. The number of hydrogen-bond donors (Lipinski definition) is 2. The zero-order valence-electron chi connectivity index (χ0n) is 15.8. The molecule has 0 saturated carbocycles. The van der Waals surface area contributed by atoms with E-state index in [1.807, 2.05) is 4.90 Å². The van der Waals surface area contributed by atoms with Crippen LogP contribution in [0.15, 0.2) is 41.2 Å². The maximum absolute atomic E-state index is 14.3. The highest BCUT2D eigenvalue weighted by molar-refractivity contribution is 5.58. The first-order valence-electron chi connectivity index (χ1n) is 9.17. The number of methoxy groups -OCH3 is 1. The van der Waals surface area contributed by atoms with E-state index in [1.54, 1.807) is 24.3 Å². The number of H-pyrrole nitrogens is 1. The van der Waals surface area contributed by atoms with Crippen LogP contribution in [0.1, 0.15) is 16.8 Å². The van der Waals surface area contributed by atoms with Crippen molar-refractivity contribution < 1.29 is 13.5 Å². The molecule has 1 aliphatic rings. The van der Waals surface area contributed by atoms with Crippen molar-refractivity contribution in [2.75, 3.05) is 19.4 Å². The highest BCUT2D eigenvalue weighted by Gasteiger charge is 2.23. The van der Waals surface area contributed by atoms with Crippen molar-refractivity contribution >= 4 is 5.69 Å². The molecule has 3 N–H and O–H groups in total. The number of fused-ring (bicyclic) bond motifs is 1. The summed E-state index contributed by atoms with van der Waals surface area (Å²) in [6, 6.07) is 9.36. The van der Waals surface area contributed by atoms with Crippen molar-refractivity contribution in [2.45, 2.75) is 19.5 Å². The SMILES string of the molecule is COc1cc(F)c(CN2CCc3c(nc(-c4ccc(N)cc4)[nH]c3=O)C2)c(F)c1. The predicted octanol–water partition coefficient (Wildman–Crippen LogP) is 2.86. The molecule has 1 aromatic heterocycles. The Morgan fingerprint density at radius 3 is 2.55 bits per heavy atom. The van der Waals surface area contributed by atoms with Crippen LogP contribution in [0, 0.1) is 11.6 Å². The van der Waals surface area contributed by atoms with E-state index in [1.165, 1.54) is 19.2 Å². The molecule has 0 unspecified atom stereocenters. The molecule has 0 radical (unpaired) electrons. The van der Waals surface area contributed by atoms with Gasteiger partial charge in [0.25, 0.3) is 5.56 Å². The molecule has 6 nitrogen and oxygen atoms in total. The van der Waals surface area contributed by atoms with Gasteiger partial charge in [-0.3, -0.25) is 9.69 Å². The van der Waals surface area contributed by atoms with Crippen LogP contribution in [0.25, 0.3) is 11.4 Å². The molecule has 0 bridgehead atoms. The number of aromatic amines is 1. The van der Waals surface area contributed by atoms with Crippen molar-refractivity contribution in [2.24, 2.45) is 0 Å². The molecule has 150 valence electrons. The monoisotopic (exact) mass is 398 g/mol. The van der Waals surface area contributed by atoms with Crippen molar-refractivity contribution in [3.8, 4) is 17.1 Å². The number of halogens is 2. The van der Waals surface area contributed by atoms with Crippen LogP contribution in [-0.4, -0.2) is 28.5 Å². The second kappa shape index (κ2) is 7.63. The highest BCUT2D eigenvalue weighted by Crippen LogP contribution is 2.25. The lowest BCUT2D eigenvalue weighted by atomic mass is 10.0. The fraction of sp³-hybridized carbons (Fsp3) is 0.238. The van der Waals surface area contributed by atoms with E-state index in [4.69, 9.17) is 10.5 Å². The molecule has 0 amide bonds. The molecule has 0 saturated heterocycles. The van der Waals surface area contributed by atoms with Crippen LogP contribution in [-0.2, 0) is 19.5 Å². The second-order valence-electron chi connectivity index (χ2n) is 6.99. The van der Waals surface area contributed by atoms with Crippen LogP contribution in [0.5, 0.6) is 5.75 Å². The number of benzene rings is 2. The lowest BCUT2D eigenvalue weighted by Gasteiger charge is -2.28. The molecular weight excluding hydrogens is 378 g/mol. The highest BCUT2D eigenvalue weighted by atomic mass is 19.1. The van der Waals surface area contributed by atoms with Gasteiger partial charge in [-0.15, -0.1) is 0 Å². The van der Waals surface area contributed by atoms with Gasteiger partial charge in [0.05, 0.1) is 12.8 Å². The van der Waals surface area contributed by atoms with Gasteiger partial charge in [0.1, 0.15) is 23.2 Å². The summed E-state index contributed by atoms with van der Waals surface area (Å²) < 4.78 is 33.5. The Kier molecular flexibility index (Phi) is 5.02. The Labute approximate surface area is 166 Å². The maximum Gasteiger partial charge on any atom is 0.254 e. The van der Waals surface area contributed by atoms with E-state index < -0.39 is 11.6 Å². The molecule has 0 fully saturated rings. The Hall–Kier alpha value is -3.26. The number of hydrogen-bond acceptors (Lipinski definition) is 5. The minimum atomic E-state index is -0.658. The number of nitrogens with zero attached hydrogens (tertiary/aromatic N) is 2. The number of nitrogens with two attached hydrogens (primary N) is 1. The van der Waals surface area contributed by atoms with Gasteiger partial charge < -0.3 is 15.5 Å². The van der Waals surface area contributed by atoms with E-state index >= 15 is 0 Å². The summed E-state index contributed by atoms with van der Waals surface area (Å²) in [5.41, 5.74) is 8.06. The molecule has 3 aromatic rings. The molecule has 29 heavy (non-hydrogen) atoms. The van der Waals surface area contributed by atoms with Crippen LogP contribution >= 0.6 is 0 Å². The fourth-order valence-electron chi connectivity index (χ4n) is 3.48. The molecule has 2 aromatic carbocycles. The average molecular weight is 398 g/mol. The third-order valence-electron chi connectivity index (χ3n) is 5.07. The van der Waals surface area contributed by atoms with Crippen molar-refractivity contribution in [3.63, 3.8) is 0 Å². The zero-order valence-corrected chi connectivity index (χ0v) is 15.8. The Morgan fingerprint density at radius 1 is 1.21 bits per heavy atom. The van der Waals surface area contributed by atoms with Crippen molar-refractivity contribution in [1.29, 1.82) is 0 Å². The molecule has 4 rings (SSSR count). The van der Waals surface area contributed by atoms with Crippen molar-refractivity contribution in [1.82, 2.24) is 14.9 Å². The smallest absolute Gasteiger partial charge is 0.254 e. The third-order valence-corrected chi connectivity index (χ3v) is 5.07. The summed E-state index contributed by atoms with van der Waals surface area (Å²) in [6.45, 7) is 0.906. The van der Waals surface area contributed by atoms with Gasteiger partial charge in [0, 0.05) is 54.1 Å². The first-order valence-corrected chi connectivity index (χ1v) is 9.17. The molecule has 0 spiro atoms. The van der Waals surface area contributed by atoms with Gasteiger partial charge in [-0.1, -0.05) is 0 Å². The summed E-state index contributed by atoms with van der Waals surface area (Å²) >= 11 is 0. The fourth-order valence-corrected chi connectivity index (χ4v) is 3.48. The van der Waals surface area contributed by atoms with Gasteiger partial charge in [-0.2, -0.15) is 0 Å². The number of ether oxygens (including phenoxy) is 1. The molecule has 0 atom stereocenters. The largest absolute Gasteiger partial charge is 0.497 e. The van der Waals surface area contributed by atoms with Gasteiger partial charge >= 0.3 is 0 Å². The zero-order chi connectivity index (χ0) is 20.5. The summed E-state index contributed by atoms with van der Waals surface area (Å²) in [5, 5.41) is 0. The first-order chi connectivity index (χ1) is 13.9. The third kappa shape index (κ3) is 3.84. The van der Waals surface area contributed by atoms with E-state index in [9.17, 15) is 13.6 Å².